The van der Waals surface area contributed by atoms with Gasteiger partial charge in [-0.05, 0) is 25.5 Å². The molecule has 0 saturated carbocycles. The van der Waals surface area contributed by atoms with Crippen LogP contribution in [-0.4, -0.2) is 9.97 Å². The lowest BCUT2D eigenvalue weighted by molar-refractivity contribution is 0.856. The molecule has 0 fully saturated rings. The Hall–Kier alpha value is -0.960. The lowest BCUT2D eigenvalue weighted by atomic mass is 10.2. The number of pyridine rings is 1. The van der Waals surface area contributed by atoms with Crippen molar-refractivity contribution in [2.75, 3.05) is 0 Å². The van der Waals surface area contributed by atoms with Crippen LogP contribution in [0.25, 0.3) is 10.3 Å². The lowest BCUT2D eigenvalue weighted by Crippen LogP contribution is -1.86. The summed E-state index contributed by atoms with van der Waals surface area (Å²) in [5.41, 5.74) is 3.37. The van der Waals surface area contributed by atoms with E-state index >= 15 is 0 Å². The summed E-state index contributed by atoms with van der Waals surface area (Å²) < 4.78 is 0. The predicted octanol–water partition coefficient (Wildman–Crippen LogP) is 3.43. The molecule has 3 heteroatoms. The molecule has 14 heavy (non-hydrogen) atoms. The van der Waals surface area contributed by atoms with Crippen LogP contribution in [0, 0.1) is 13.8 Å². The Morgan fingerprint density at radius 1 is 1.21 bits per heavy atom. The van der Waals surface area contributed by atoms with Crippen molar-refractivity contribution in [1.82, 2.24) is 9.97 Å². The second kappa shape index (κ2) is 3.31. The molecule has 0 N–H and O–H groups in total. The van der Waals surface area contributed by atoms with Crippen molar-refractivity contribution in [2.45, 2.75) is 33.6 Å². The highest BCUT2D eigenvalue weighted by molar-refractivity contribution is 7.18. The smallest absolute Gasteiger partial charge is 0.143 e. The predicted molar refractivity (Wildman–Crippen MR) is 61.0 cm³/mol. The highest BCUT2D eigenvalue weighted by Crippen LogP contribution is 2.26. The number of thiazole rings is 1. The van der Waals surface area contributed by atoms with Crippen LogP contribution in [0.5, 0.6) is 0 Å². The van der Waals surface area contributed by atoms with Gasteiger partial charge in [0, 0.05) is 11.6 Å². The van der Waals surface area contributed by atoms with Crippen molar-refractivity contribution in [3.63, 3.8) is 0 Å². The van der Waals surface area contributed by atoms with Gasteiger partial charge in [0.05, 0.1) is 5.01 Å². The number of aromatic nitrogens is 2. The average molecular weight is 206 g/mol. The minimum absolute atomic E-state index is 0.495. The number of aryl methyl sites for hydroxylation is 2. The first-order valence-electron chi connectivity index (χ1n) is 4.82. The minimum Gasteiger partial charge on any atom is -0.240 e. The van der Waals surface area contributed by atoms with Gasteiger partial charge >= 0.3 is 0 Å². The summed E-state index contributed by atoms with van der Waals surface area (Å²) in [5, 5.41) is 1.18. The summed E-state index contributed by atoms with van der Waals surface area (Å²) in [6.45, 7) is 8.45. The van der Waals surface area contributed by atoms with Gasteiger partial charge in [-0.1, -0.05) is 25.2 Å². The van der Waals surface area contributed by atoms with E-state index in [1.54, 1.807) is 11.3 Å². The van der Waals surface area contributed by atoms with Gasteiger partial charge in [0.1, 0.15) is 10.3 Å². The minimum atomic E-state index is 0.495. The Kier molecular flexibility index (Phi) is 2.27. The Labute approximate surface area is 88.0 Å². The zero-order valence-corrected chi connectivity index (χ0v) is 9.77. The lowest BCUT2D eigenvalue weighted by Gasteiger charge is -1.96. The molecule has 2 rings (SSSR count). The topological polar surface area (TPSA) is 25.8 Å². The van der Waals surface area contributed by atoms with Gasteiger partial charge in [0.2, 0.25) is 0 Å². The highest BCUT2D eigenvalue weighted by Gasteiger charge is 2.09. The van der Waals surface area contributed by atoms with E-state index in [2.05, 4.69) is 36.8 Å². The highest BCUT2D eigenvalue weighted by atomic mass is 32.1. The van der Waals surface area contributed by atoms with Crippen molar-refractivity contribution >= 4 is 21.7 Å². The van der Waals surface area contributed by atoms with Crippen LogP contribution in [0.3, 0.4) is 0 Å². The summed E-state index contributed by atoms with van der Waals surface area (Å²) in [7, 11) is 0. The van der Waals surface area contributed by atoms with Gasteiger partial charge < -0.3 is 0 Å². The molecular formula is C11H14N2S. The second-order valence-electron chi connectivity index (χ2n) is 3.92. The third-order valence-corrected chi connectivity index (χ3v) is 3.60. The van der Waals surface area contributed by atoms with Crippen LogP contribution in [0.15, 0.2) is 6.07 Å². The Bertz CT molecular complexity index is 432. The summed E-state index contributed by atoms with van der Waals surface area (Å²) in [6, 6.07) is 2.13. The third kappa shape index (κ3) is 1.52. The van der Waals surface area contributed by atoms with E-state index in [1.807, 2.05) is 6.92 Å². The molecule has 0 aromatic carbocycles. The molecule has 74 valence electrons. The first kappa shape index (κ1) is 9.59. The standard InChI is InChI=1S/C11H14N2S/c1-6(2)10-13-9-5-7(3)8(4)12-11(9)14-10/h5-6H,1-4H3. The molecule has 0 atom stereocenters. The molecular weight excluding hydrogens is 192 g/mol. The number of hydrogen-bond donors (Lipinski definition) is 0. The van der Waals surface area contributed by atoms with Gasteiger partial charge in [0.25, 0.3) is 0 Å². The van der Waals surface area contributed by atoms with Crippen molar-refractivity contribution < 1.29 is 0 Å². The van der Waals surface area contributed by atoms with Crippen LogP contribution in [0.2, 0.25) is 0 Å². The molecule has 2 nitrogen and oxygen atoms in total. The fourth-order valence-corrected chi connectivity index (χ4v) is 2.28. The van der Waals surface area contributed by atoms with E-state index < -0.39 is 0 Å². The molecule has 0 spiro atoms. The third-order valence-electron chi connectivity index (χ3n) is 2.34. The first-order chi connectivity index (χ1) is 6.58. The van der Waals surface area contributed by atoms with E-state index in [-0.39, 0.29) is 0 Å². The second-order valence-corrected chi connectivity index (χ2v) is 4.93. The molecule has 0 bridgehead atoms. The zero-order chi connectivity index (χ0) is 10.3. The molecule has 0 amide bonds. The zero-order valence-electron chi connectivity index (χ0n) is 8.96. The summed E-state index contributed by atoms with van der Waals surface area (Å²) in [4.78, 5) is 10.2. The van der Waals surface area contributed by atoms with Crippen LogP contribution < -0.4 is 0 Å². The van der Waals surface area contributed by atoms with E-state index in [0.29, 0.717) is 5.92 Å². The molecule has 0 saturated heterocycles. The maximum Gasteiger partial charge on any atom is 0.143 e. The van der Waals surface area contributed by atoms with Gasteiger partial charge in [-0.15, -0.1) is 0 Å². The SMILES string of the molecule is Cc1cc2nc(C(C)C)sc2nc1C. The van der Waals surface area contributed by atoms with Gasteiger partial charge in [-0.25, -0.2) is 9.97 Å². The van der Waals surface area contributed by atoms with Gasteiger partial charge in [-0.2, -0.15) is 0 Å². The number of hydrogen-bond acceptors (Lipinski definition) is 3. The number of fused-ring (bicyclic) bond motifs is 1. The van der Waals surface area contributed by atoms with Crippen LogP contribution >= 0.6 is 11.3 Å². The molecule has 0 radical (unpaired) electrons. The molecule has 2 aromatic rings. The average Bonchev–Trinajstić information content (AvgIpc) is 2.48. The van der Waals surface area contributed by atoms with Crippen molar-refractivity contribution in [2.24, 2.45) is 0 Å². The van der Waals surface area contributed by atoms with Crippen molar-refractivity contribution in [1.29, 1.82) is 0 Å². The van der Waals surface area contributed by atoms with E-state index in [9.17, 15) is 0 Å². The Morgan fingerprint density at radius 2 is 1.93 bits per heavy atom. The van der Waals surface area contributed by atoms with Crippen molar-refractivity contribution in [3.05, 3.63) is 22.3 Å². The Morgan fingerprint density at radius 3 is 2.57 bits per heavy atom. The molecule has 2 aromatic heterocycles. The summed E-state index contributed by atoms with van der Waals surface area (Å²) in [5.74, 6) is 0.495. The molecule has 0 unspecified atom stereocenters. The van der Waals surface area contributed by atoms with Crippen LogP contribution in [0.4, 0.5) is 0 Å². The normalized spacial score (nSPS) is 11.5. The molecule has 0 aliphatic heterocycles. The van der Waals surface area contributed by atoms with E-state index in [4.69, 9.17) is 0 Å². The number of rotatable bonds is 1. The van der Waals surface area contributed by atoms with Gasteiger partial charge in [-0.3, -0.25) is 0 Å². The number of nitrogens with zero attached hydrogens (tertiary/aromatic N) is 2. The molecule has 2 heterocycles. The molecule has 0 aliphatic carbocycles. The van der Waals surface area contributed by atoms with Crippen LogP contribution in [0.1, 0.15) is 36.0 Å². The molecule has 0 aliphatic rings. The quantitative estimate of drug-likeness (QED) is 0.714. The summed E-state index contributed by atoms with van der Waals surface area (Å²) >= 11 is 1.71. The first-order valence-corrected chi connectivity index (χ1v) is 5.64. The largest absolute Gasteiger partial charge is 0.240 e. The fraction of sp³-hybridized carbons (Fsp3) is 0.455. The maximum absolute atomic E-state index is 4.57. The summed E-state index contributed by atoms with van der Waals surface area (Å²) in [6.07, 6.45) is 0. The van der Waals surface area contributed by atoms with E-state index in [0.717, 1.165) is 16.0 Å². The Balaban J connectivity index is 2.66. The monoisotopic (exact) mass is 206 g/mol. The van der Waals surface area contributed by atoms with Crippen molar-refractivity contribution in [3.8, 4) is 0 Å². The van der Waals surface area contributed by atoms with Crippen LogP contribution in [-0.2, 0) is 0 Å². The van der Waals surface area contributed by atoms with E-state index in [1.165, 1.54) is 10.6 Å². The maximum atomic E-state index is 4.57. The van der Waals surface area contributed by atoms with Gasteiger partial charge in [0.15, 0.2) is 0 Å². The fourth-order valence-electron chi connectivity index (χ4n) is 1.31.